The average molecular weight is 1210 g/mol. The van der Waals surface area contributed by atoms with E-state index in [-0.39, 0.29) is 76.1 Å². The van der Waals surface area contributed by atoms with Crippen molar-refractivity contribution in [1.29, 1.82) is 0 Å². The van der Waals surface area contributed by atoms with Crippen LogP contribution in [0.15, 0.2) is 60.7 Å². The number of unbranched alkanes of at least 4 members (excludes halogenated alkanes) is 5. The maximum absolute atomic E-state index is 14.2. The molecule has 0 bridgehead atoms. The van der Waals surface area contributed by atoms with E-state index in [0.29, 0.717) is 25.7 Å². The van der Waals surface area contributed by atoms with Crippen LogP contribution < -0.4 is 26.6 Å². The number of nitrogens with one attached hydrogen (secondary N) is 5. The molecule has 0 saturated heterocycles. The van der Waals surface area contributed by atoms with Crippen LogP contribution in [0.1, 0.15) is 101 Å². The van der Waals surface area contributed by atoms with Gasteiger partial charge in [0, 0.05) is 58.7 Å². The van der Waals surface area contributed by atoms with Crippen molar-refractivity contribution >= 4 is 84.2 Å². The van der Waals surface area contributed by atoms with E-state index in [4.69, 9.17) is 21.2 Å². The average Bonchev–Trinajstić information content (AvgIpc) is 3.42. The summed E-state index contributed by atoms with van der Waals surface area (Å²) < 4.78 is 12.8. The summed E-state index contributed by atoms with van der Waals surface area (Å²) in [5, 5.41) is 50.2. The van der Waals surface area contributed by atoms with E-state index in [1.807, 2.05) is 0 Å². The second kappa shape index (κ2) is 39.4. The van der Waals surface area contributed by atoms with E-state index in [9.17, 15) is 72.9 Å². The number of rotatable bonds is 40. The van der Waals surface area contributed by atoms with E-state index in [1.165, 1.54) is 14.1 Å². The molecule has 2 rings (SSSR count). The standard InChI is InChI=1S/C52H73N7O17S.O.Tc/c1-53-39(48(69)58(2)40(29-46(66)67)49(70)59(3)41(31-77)51(73)74)30-54-47(68)35(26-33-16-10-8-11-17-33)28-42(62)38(27-34-18-12-9-13-19-34)55-43(63)21-15-7-5-4-6-14-20-36(61)22-23-37(50(71)72)56-52(75)57-44(76-32-60)24-25-45(64)65;;/h8-13,16-19,32,35,37-41,44,53,77H,4-7,14-15,20-31H2,1-3H3,(H,54,68)(H,55,63)(H,64,65)(H,66,67)(H,71,72)(H,73,74)(H2,56,57,75);;/p-1/t35-,37+,38+,39+,40+,41+,44-;;/m1../s1/i;;1+1. The molecule has 0 aromatic heterocycles. The molecular formula is C52H72N7O18STc-. The van der Waals surface area contributed by atoms with E-state index in [0.717, 1.165) is 59.7 Å². The van der Waals surface area contributed by atoms with Gasteiger partial charge in [-0.3, -0.25) is 47.9 Å². The number of urea groups is 1. The summed E-state index contributed by atoms with van der Waals surface area (Å²) in [6.07, 6.45) is 0.895. The van der Waals surface area contributed by atoms with Gasteiger partial charge in [-0.15, -0.1) is 5.75 Å². The van der Waals surface area contributed by atoms with Crippen LogP contribution in [0.4, 0.5) is 4.79 Å². The Bertz CT molecular complexity index is 2320. The van der Waals surface area contributed by atoms with E-state index in [2.05, 4.69) is 31.3 Å². The van der Waals surface area contributed by atoms with Gasteiger partial charge >= 0.3 is 52.3 Å². The van der Waals surface area contributed by atoms with Crippen molar-refractivity contribution in [2.75, 3.05) is 33.4 Å². The zero-order chi connectivity index (χ0) is 59.5. The summed E-state index contributed by atoms with van der Waals surface area (Å²) >= 11 is 5.78. The fourth-order valence-electron chi connectivity index (χ4n) is 8.10. The zero-order valence-electron chi connectivity index (χ0n) is 44.3. The minimum absolute atomic E-state index is 0.0151. The van der Waals surface area contributed by atoms with Crippen molar-refractivity contribution in [2.45, 2.75) is 139 Å². The molecule has 27 heteroatoms. The van der Waals surface area contributed by atoms with E-state index < -0.39 is 114 Å². The van der Waals surface area contributed by atoms with Crippen LogP contribution in [0.5, 0.6) is 0 Å². The summed E-state index contributed by atoms with van der Waals surface area (Å²) in [5.41, 5.74) is 1.49. The number of ether oxygens (including phenoxy) is 1. The predicted octanol–water partition coefficient (Wildman–Crippen LogP) is 1.46. The molecule has 0 aliphatic rings. The summed E-state index contributed by atoms with van der Waals surface area (Å²) in [4.78, 5) is 152. The molecule has 0 radical (unpaired) electrons. The van der Waals surface area contributed by atoms with Crippen LogP contribution in [-0.4, -0.2) is 172 Å². The van der Waals surface area contributed by atoms with Crippen molar-refractivity contribution < 1.29 is 105 Å². The van der Waals surface area contributed by atoms with Gasteiger partial charge in [0.2, 0.25) is 23.6 Å². The molecule has 0 aliphatic carbocycles. The SMILES string of the molecule is CN[C@@H](CNC(=O)[C@@H](CC(=O)[C@H](Cc1ccccc1)NC(=O)CCCCCCCCC(=O)CC[C@H](NC(=O)N[C@@H](CCC(=O)O)OC=O)C(=O)O)Cc1ccccc1)C(=O)N(C)[C@@H](CC(=O)O)C(=O)N(C)[C@@H](C[S-])C(=O)O.[O]=[99Tc]. The molecule has 0 fully saturated rings. The summed E-state index contributed by atoms with van der Waals surface area (Å²) in [6, 6.07) is 10.1. The van der Waals surface area contributed by atoms with E-state index >= 15 is 0 Å². The normalized spacial score (nSPS) is 13.3. The van der Waals surface area contributed by atoms with Gasteiger partial charge < -0.3 is 74.2 Å². The minimum atomic E-state index is -1.62. The first-order valence-electron chi connectivity index (χ1n) is 25.3. The third-order valence-corrected chi connectivity index (χ3v) is 12.9. The van der Waals surface area contributed by atoms with Crippen LogP contribution in [0.2, 0.25) is 0 Å². The molecule has 9 N–H and O–H groups in total. The molecule has 7 atom stereocenters. The number of Topliss-reactive ketones (excluding diaryl/α,β-unsaturated/α-hetero) is 2. The number of carbonyl (C=O) groups excluding carboxylic acids is 8. The zero-order valence-corrected chi connectivity index (χ0v) is 47.0. The fourth-order valence-corrected chi connectivity index (χ4v) is 8.47. The number of aliphatic carboxylic acids is 4. The number of carboxylic acids is 4. The Morgan fingerprint density at radius 1 is 0.620 bits per heavy atom. The number of ketones is 2. The first-order valence-corrected chi connectivity index (χ1v) is 26.6. The number of benzene rings is 2. The molecule has 437 valence electrons. The molecule has 0 saturated carbocycles. The molecule has 25 nitrogen and oxygen atoms in total. The summed E-state index contributed by atoms with van der Waals surface area (Å²) in [6.45, 7) is -0.338. The Kier molecular flexibility index (Phi) is 34.9. The second-order valence-corrected chi connectivity index (χ2v) is 18.7. The number of amides is 6. The number of hydrogen-bond donors (Lipinski definition) is 9. The first kappa shape index (κ1) is 70.1. The number of hydrogen-bond acceptors (Lipinski definition) is 16. The topological polar surface area (TPSA) is 379 Å². The quantitative estimate of drug-likeness (QED) is 0.0197. The van der Waals surface area contributed by atoms with Crippen molar-refractivity contribution in [3.8, 4) is 0 Å². The number of nitrogens with zero attached hydrogens (tertiary/aromatic N) is 2. The van der Waals surface area contributed by atoms with Gasteiger partial charge in [-0.1, -0.05) is 86.3 Å². The molecule has 0 spiro atoms. The molecule has 2 aromatic rings. The van der Waals surface area contributed by atoms with Gasteiger partial charge in [0.05, 0.1) is 18.9 Å². The van der Waals surface area contributed by atoms with Crippen LogP contribution in [0, 0.1) is 5.92 Å². The van der Waals surface area contributed by atoms with Gasteiger partial charge in [0.15, 0.2) is 12.0 Å². The van der Waals surface area contributed by atoms with Crippen molar-refractivity contribution in [3.05, 3.63) is 71.8 Å². The van der Waals surface area contributed by atoms with Crippen molar-refractivity contribution in [1.82, 2.24) is 36.4 Å². The number of likely N-dealkylation sites (N-methyl/N-ethyl adjacent to an activating group) is 3. The van der Waals surface area contributed by atoms with Gasteiger partial charge in [-0.05, 0) is 50.3 Å². The monoisotopic (exact) mass is 1210 g/mol. The third kappa shape index (κ3) is 28.0. The van der Waals surface area contributed by atoms with Crippen LogP contribution in [0.25, 0.3) is 0 Å². The predicted molar refractivity (Wildman–Crippen MR) is 279 cm³/mol. The van der Waals surface area contributed by atoms with Gasteiger partial charge in [-0.25, -0.2) is 9.59 Å². The van der Waals surface area contributed by atoms with Crippen molar-refractivity contribution in [2.24, 2.45) is 5.92 Å². The third-order valence-electron chi connectivity index (χ3n) is 12.6. The Hall–Kier alpha value is -6.96. The second-order valence-electron chi connectivity index (χ2n) is 18.3. The molecule has 0 unspecified atom stereocenters. The van der Waals surface area contributed by atoms with Crippen molar-refractivity contribution in [3.63, 3.8) is 0 Å². The Morgan fingerprint density at radius 3 is 1.70 bits per heavy atom. The van der Waals surface area contributed by atoms with Gasteiger partial charge in [-0.2, -0.15) is 0 Å². The van der Waals surface area contributed by atoms with Gasteiger partial charge in [0.25, 0.3) is 6.47 Å². The molecule has 2 aromatic carbocycles. The Labute approximate surface area is 473 Å². The van der Waals surface area contributed by atoms with Crippen LogP contribution >= 0.6 is 0 Å². The van der Waals surface area contributed by atoms with Gasteiger partial charge in [0.1, 0.15) is 30.0 Å². The summed E-state index contributed by atoms with van der Waals surface area (Å²) in [7, 11) is 3.75. The molecule has 0 heterocycles. The number of carbonyl (C=O) groups is 12. The molecule has 79 heavy (non-hydrogen) atoms. The molecular weight excluding hydrogens is 1140 g/mol. The first-order chi connectivity index (χ1) is 37.6. The summed E-state index contributed by atoms with van der Waals surface area (Å²) in [5.74, 6) is -10.2. The van der Waals surface area contributed by atoms with E-state index in [1.54, 1.807) is 60.7 Å². The number of carboxylic acid groups (broad SMARTS) is 4. The van der Waals surface area contributed by atoms with Crippen LogP contribution in [0.3, 0.4) is 0 Å². The Morgan fingerprint density at radius 2 is 1.18 bits per heavy atom. The van der Waals surface area contributed by atoms with Crippen LogP contribution in [-0.2, 0) is 105 Å². The maximum atomic E-state index is 14.2. The Balaban J connectivity index is 0.0000154. The molecule has 6 amide bonds. The fraction of sp³-hybridized carbons (Fsp3) is 0.538. The molecule has 0 aliphatic heterocycles.